The molecule has 1 aromatic rings. The summed E-state index contributed by atoms with van der Waals surface area (Å²) in [5.41, 5.74) is 5.89. The van der Waals surface area contributed by atoms with Crippen molar-refractivity contribution in [2.75, 3.05) is 5.32 Å². The van der Waals surface area contributed by atoms with E-state index >= 15 is 0 Å². The van der Waals surface area contributed by atoms with Crippen molar-refractivity contribution < 1.29 is 13.2 Å². The highest BCUT2D eigenvalue weighted by atomic mass is 32.2. The summed E-state index contributed by atoms with van der Waals surface area (Å²) in [6.07, 6.45) is 0. The van der Waals surface area contributed by atoms with Crippen molar-refractivity contribution in [3.05, 3.63) is 23.8 Å². The molecule has 4 N–H and O–H groups in total. The van der Waals surface area contributed by atoms with Gasteiger partial charge < -0.3 is 11.1 Å². The second-order valence-corrected chi connectivity index (χ2v) is 7.76. The topological polar surface area (TPSA) is 101 Å². The molecular weight excluding hydrogens is 290 g/mol. The van der Waals surface area contributed by atoms with Crippen LogP contribution in [0.1, 0.15) is 33.3 Å². The number of sulfonamides is 1. The van der Waals surface area contributed by atoms with Gasteiger partial charge in [0, 0.05) is 11.2 Å². The molecule has 0 saturated heterocycles. The van der Waals surface area contributed by atoms with Crippen molar-refractivity contribution in [2.24, 2.45) is 5.73 Å². The minimum absolute atomic E-state index is 0.139. The SMILES string of the molecule is Cc1ccc(NC(=O)[C@H](C)N)cc1S(=O)(=O)NC(C)(C)C. The molecule has 0 spiro atoms. The molecule has 1 amide bonds. The van der Waals surface area contributed by atoms with E-state index < -0.39 is 21.6 Å². The van der Waals surface area contributed by atoms with Gasteiger partial charge in [0.2, 0.25) is 15.9 Å². The Labute approximate surface area is 126 Å². The van der Waals surface area contributed by atoms with Crippen molar-refractivity contribution in [1.29, 1.82) is 0 Å². The Morgan fingerprint density at radius 3 is 2.33 bits per heavy atom. The lowest BCUT2D eigenvalue weighted by atomic mass is 10.1. The van der Waals surface area contributed by atoms with Gasteiger partial charge in [0.15, 0.2) is 0 Å². The molecule has 118 valence electrons. The first-order chi connectivity index (χ1) is 9.42. The molecule has 7 heteroatoms. The quantitative estimate of drug-likeness (QED) is 0.781. The van der Waals surface area contributed by atoms with Gasteiger partial charge in [-0.1, -0.05) is 6.07 Å². The van der Waals surface area contributed by atoms with Crippen LogP contribution in [0.3, 0.4) is 0 Å². The third kappa shape index (κ3) is 5.11. The predicted octanol–water partition coefficient (Wildman–Crippen LogP) is 1.36. The fraction of sp³-hybridized carbons (Fsp3) is 0.500. The maximum atomic E-state index is 12.4. The third-order valence-electron chi connectivity index (χ3n) is 2.60. The fourth-order valence-corrected chi connectivity index (χ4v) is 3.37. The summed E-state index contributed by atoms with van der Waals surface area (Å²) in [6.45, 7) is 8.56. The van der Waals surface area contributed by atoms with Gasteiger partial charge >= 0.3 is 0 Å². The Balaban J connectivity index is 3.16. The van der Waals surface area contributed by atoms with E-state index in [9.17, 15) is 13.2 Å². The number of nitrogens with one attached hydrogen (secondary N) is 2. The number of carbonyl (C=O) groups excluding carboxylic acids is 1. The van der Waals surface area contributed by atoms with Gasteiger partial charge in [-0.05, 0) is 52.3 Å². The lowest BCUT2D eigenvalue weighted by Crippen LogP contribution is -2.40. The maximum Gasteiger partial charge on any atom is 0.241 e. The van der Waals surface area contributed by atoms with Crippen LogP contribution in [0.2, 0.25) is 0 Å². The fourth-order valence-electron chi connectivity index (χ4n) is 1.68. The van der Waals surface area contributed by atoms with Gasteiger partial charge in [-0.15, -0.1) is 0 Å². The summed E-state index contributed by atoms with van der Waals surface area (Å²) < 4.78 is 27.4. The van der Waals surface area contributed by atoms with Crippen LogP contribution in [-0.2, 0) is 14.8 Å². The number of aryl methyl sites for hydroxylation is 1. The molecule has 1 atom stereocenters. The summed E-state index contributed by atoms with van der Waals surface area (Å²) >= 11 is 0. The summed E-state index contributed by atoms with van der Waals surface area (Å²) in [4.78, 5) is 11.7. The monoisotopic (exact) mass is 313 g/mol. The highest BCUT2D eigenvalue weighted by Crippen LogP contribution is 2.21. The number of nitrogens with two attached hydrogens (primary N) is 1. The maximum absolute atomic E-state index is 12.4. The number of anilines is 1. The van der Waals surface area contributed by atoms with Crippen molar-refractivity contribution >= 4 is 21.6 Å². The van der Waals surface area contributed by atoms with E-state index in [1.54, 1.807) is 46.8 Å². The van der Waals surface area contributed by atoms with Gasteiger partial charge in [-0.2, -0.15) is 0 Å². The minimum Gasteiger partial charge on any atom is -0.325 e. The average Bonchev–Trinajstić information content (AvgIpc) is 2.28. The smallest absolute Gasteiger partial charge is 0.241 e. The van der Waals surface area contributed by atoms with Crippen LogP contribution >= 0.6 is 0 Å². The largest absolute Gasteiger partial charge is 0.325 e. The van der Waals surface area contributed by atoms with E-state index in [1.807, 2.05) is 0 Å². The second kappa shape index (κ2) is 6.13. The molecule has 0 fully saturated rings. The van der Waals surface area contributed by atoms with Crippen LogP contribution in [0.25, 0.3) is 0 Å². The zero-order valence-corrected chi connectivity index (χ0v) is 13.8. The summed E-state index contributed by atoms with van der Waals surface area (Å²) in [5, 5.41) is 2.59. The van der Waals surface area contributed by atoms with Crippen molar-refractivity contribution in [1.82, 2.24) is 4.72 Å². The molecule has 1 rings (SSSR count). The predicted molar refractivity (Wildman–Crippen MR) is 83.5 cm³/mol. The minimum atomic E-state index is -3.66. The highest BCUT2D eigenvalue weighted by Gasteiger charge is 2.24. The molecular formula is C14H23N3O3S. The Hall–Kier alpha value is -1.44. The van der Waals surface area contributed by atoms with Gasteiger partial charge in [0.25, 0.3) is 0 Å². The van der Waals surface area contributed by atoms with E-state index in [2.05, 4.69) is 10.0 Å². The number of amides is 1. The van der Waals surface area contributed by atoms with Gasteiger partial charge in [0.05, 0.1) is 10.9 Å². The molecule has 6 nitrogen and oxygen atoms in total. The zero-order valence-electron chi connectivity index (χ0n) is 13.0. The van der Waals surface area contributed by atoms with Crippen LogP contribution in [-0.4, -0.2) is 25.9 Å². The molecule has 0 heterocycles. The lowest BCUT2D eigenvalue weighted by molar-refractivity contribution is -0.117. The highest BCUT2D eigenvalue weighted by molar-refractivity contribution is 7.89. The lowest BCUT2D eigenvalue weighted by Gasteiger charge is -2.21. The number of carbonyl (C=O) groups is 1. The molecule has 0 aromatic heterocycles. The first-order valence-electron chi connectivity index (χ1n) is 6.63. The van der Waals surface area contributed by atoms with Gasteiger partial charge in [0.1, 0.15) is 0 Å². The Morgan fingerprint density at radius 2 is 1.86 bits per heavy atom. The zero-order chi connectivity index (χ0) is 16.4. The first kappa shape index (κ1) is 17.6. The summed E-state index contributed by atoms with van der Waals surface area (Å²) in [7, 11) is -3.66. The Morgan fingerprint density at radius 1 is 1.29 bits per heavy atom. The van der Waals surface area contributed by atoms with Crippen molar-refractivity contribution in [3.63, 3.8) is 0 Å². The molecule has 0 aliphatic heterocycles. The van der Waals surface area contributed by atoms with Gasteiger partial charge in [-0.3, -0.25) is 4.79 Å². The van der Waals surface area contributed by atoms with Gasteiger partial charge in [-0.25, -0.2) is 13.1 Å². The molecule has 0 aliphatic rings. The van der Waals surface area contributed by atoms with Crippen LogP contribution < -0.4 is 15.8 Å². The molecule has 0 saturated carbocycles. The van der Waals surface area contributed by atoms with E-state index in [4.69, 9.17) is 5.73 Å². The number of hydrogen-bond donors (Lipinski definition) is 3. The van der Waals surface area contributed by atoms with E-state index in [1.165, 1.54) is 6.07 Å². The molecule has 0 aliphatic carbocycles. The van der Waals surface area contributed by atoms with Crippen LogP contribution in [0, 0.1) is 6.92 Å². The third-order valence-corrected chi connectivity index (χ3v) is 4.50. The standard InChI is InChI=1S/C14H23N3O3S/c1-9-6-7-11(16-13(18)10(2)15)8-12(9)21(19,20)17-14(3,4)5/h6-8,10,17H,15H2,1-5H3,(H,16,18)/t10-/m0/s1. The number of rotatable bonds is 4. The number of benzene rings is 1. The number of hydrogen-bond acceptors (Lipinski definition) is 4. The molecule has 0 radical (unpaired) electrons. The summed E-state index contributed by atoms with van der Waals surface area (Å²) in [5.74, 6) is -0.369. The van der Waals surface area contributed by atoms with Crippen LogP contribution in [0.15, 0.2) is 23.1 Å². The Kier molecular flexibility index (Phi) is 5.14. The van der Waals surface area contributed by atoms with Crippen molar-refractivity contribution in [2.45, 2.75) is 51.1 Å². The van der Waals surface area contributed by atoms with Crippen LogP contribution in [0.5, 0.6) is 0 Å². The molecule has 0 unspecified atom stereocenters. The summed E-state index contributed by atoms with van der Waals surface area (Å²) in [6, 6.07) is 4.06. The van der Waals surface area contributed by atoms with Crippen LogP contribution in [0.4, 0.5) is 5.69 Å². The normalized spacial score (nSPS) is 13.8. The Bertz CT molecular complexity index is 631. The molecule has 0 bridgehead atoms. The molecule has 1 aromatic carbocycles. The van der Waals surface area contributed by atoms with E-state index in [0.29, 0.717) is 11.3 Å². The van der Waals surface area contributed by atoms with E-state index in [0.717, 1.165) is 0 Å². The van der Waals surface area contributed by atoms with E-state index in [-0.39, 0.29) is 10.8 Å². The first-order valence-corrected chi connectivity index (χ1v) is 8.12. The average molecular weight is 313 g/mol. The van der Waals surface area contributed by atoms with Crippen molar-refractivity contribution in [3.8, 4) is 0 Å². The second-order valence-electron chi connectivity index (χ2n) is 6.11. The molecule has 21 heavy (non-hydrogen) atoms.